The number of hydrogen-bond acceptors (Lipinski definition) is 9. The molecule has 9 nitrogen and oxygen atoms in total. The van der Waals surface area contributed by atoms with E-state index in [4.69, 9.17) is 9.47 Å². The van der Waals surface area contributed by atoms with E-state index in [1.54, 1.807) is 0 Å². The van der Waals surface area contributed by atoms with Crippen LogP contribution >= 0.6 is 11.3 Å². The standard InChI is InChI=1S/C23H27N7O2S/c1-2-4-19(5-3-1)32-13-9-25-22-28-30-20(17-27-23(30)33-22)18-6-7-21(26-16-18)24-8-10-29-11-14-31-15-12-29/h1-7,16-17H,8-15H2,(H,24,26)(H,25,28). The molecule has 5 rings (SSSR count). The number of benzene rings is 1. The fraction of sp³-hybridized carbons (Fsp3) is 0.348. The minimum Gasteiger partial charge on any atom is -0.492 e. The number of pyridine rings is 1. The number of imidazole rings is 1. The molecular weight excluding hydrogens is 438 g/mol. The SMILES string of the molecule is c1ccc(OCCNc2nn3c(-c4ccc(NCCN5CCOCC5)nc4)cnc3s2)cc1. The number of morpholine rings is 1. The maximum absolute atomic E-state index is 5.72. The molecule has 0 unspecified atom stereocenters. The first kappa shape index (κ1) is 21.6. The van der Waals surface area contributed by atoms with Gasteiger partial charge in [-0.2, -0.15) is 0 Å². The summed E-state index contributed by atoms with van der Waals surface area (Å²) >= 11 is 1.51. The van der Waals surface area contributed by atoms with Crippen LogP contribution in [0.15, 0.2) is 54.9 Å². The molecule has 4 heterocycles. The largest absolute Gasteiger partial charge is 0.492 e. The Labute approximate surface area is 196 Å². The van der Waals surface area contributed by atoms with Gasteiger partial charge in [0.05, 0.1) is 31.6 Å². The van der Waals surface area contributed by atoms with Crippen molar-refractivity contribution in [1.82, 2.24) is 24.5 Å². The highest BCUT2D eigenvalue weighted by atomic mass is 32.1. The molecule has 0 aliphatic carbocycles. The topological polar surface area (TPSA) is 88.8 Å². The number of nitrogens with one attached hydrogen (secondary N) is 2. The molecule has 0 amide bonds. The van der Waals surface area contributed by atoms with Crippen LogP contribution in [-0.2, 0) is 4.74 Å². The normalized spacial score (nSPS) is 14.4. The van der Waals surface area contributed by atoms with E-state index in [0.717, 1.165) is 72.3 Å². The highest BCUT2D eigenvalue weighted by Crippen LogP contribution is 2.26. The molecule has 10 heteroatoms. The monoisotopic (exact) mass is 465 g/mol. The van der Waals surface area contributed by atoms with Crippen molar-refractivity contribution in [2.24, 2.45) is 0 Å². The maximum atomic E-state index is 5.72. The summed E-state index contributed by atoms with van der Waals surface area (Å²) in [6.07, 6.45) is 3.70. The summed E-state index contributed by atoms with van der Waals surface area (Å²) in [7, 11) is 0. The Bertz CT molecular complexity index is 1140. The van der Waals surface area contributed by atoms with Crippen molar-refractivity contribution in [2.45, 2.75) is 0 Å². The molecule has 2 N–H and O–H groups in total. The lowest BCUT2D eigenvalue weighted by molar-refractivity contribution is 0.0398. The molecule has 0 saturated carbocycles. The van der Waals surface area contributed by atoms with Gasteiger partial charge in [0.15, 0.2) is 0 Å². The van der Waals surface area contributed by atoms with Crippen LogP contribution in [0.5, 0.6) is 5.75 Å². The number of para-hydroxylation sites is 1. The number of anilines is 2. The van der Waals surface area contributed by atoms with E-state index in [-0.39, 0.29) is 0 Å². The second-order valence-corrected chi connectivity index (χ2v) is 8.60. The molecule has 1 aromatic carbocycles. The molecule has 3 aromatic heterocycles. The molecule has 0 spiro atoms. The van der Waals surface area contributed by atoms with Gasteiger partial charge in [0.25, 0.3) is 0 Å². The van der Waals surface area contributed by atoms with Crippen molar-refractivity contribution >= 4 is 27.2 Å². The van der Waals surface area contributed by atoms with Gasteiger partial charge in [0, 0.05) is 37.9 Å². The molecule has 1 aliphatic rings. The zero-order valence-corrected chi connectivity index (χ0v) is 19.1. The molecule has 0 atom stereocenters. The van der Waals surface area contributed by atoms with Crippen LogP contribution in [0.1, 0.15) is 0 Å². The van der Waals surface area contributed by atoms with E-state index < -0.39 is 0 Å². The predicted octanol–water partition coefficient (Wildman–Crippen LogP) is 3.09. The van der Waals surface area contributed by atoms with E-state index in [2.05, 4.69) is 30.6 Å². The molecule has 172 valence electrons. The lowest BCUT2D eigenvalue weighted by Gasteiger charge is -2.26. The summed E-state index contributed by atoms with van der Waals surface area (Å²) in [6, 6.07) is 13.8. The first-order valence-electron chi connectivity index (χ1n) is 11.1. The Morgan fingerprint density at radius 1 is 0.970 bits per heavy atom. The average Bonchev–Trinajstić information content (AvgIpc) is 3.44. The smallest absolute Gasteiger partial charge is 0.214 e. The summed E-state index contributed by atoms with van der Waals surface area (Å²) in [4.78, 5) is 12.3. The van der Waals surface area contributed by atoms with Crippen LogP contribution in [0, 0.1) is 0 Å². The molecule has 1 aliphatic heterocycles. The van der Waals surface area contributed by atoms with E-state index in [0.29, 0.717) is 13.2 Å². The summed E-state index contributed by atoms with van der Waals surface area (Å²) in [5.41, 5.74) is 1.90. The molecular formula is C23H27N7O2S. The summed E-state index contributed by atoms with van der Waals surface area (Å²) < 4.78 is 13.0. The number of ether oxygens (including phenoxy) is 2. The predicted molar refractivity (Wildman–Crippen MR) is 130 cm³/mol. The Kier molecular flexibility index (Phi) is 6.95. The van der Waals surface area contributed by atoms with Gasteiger partial charge in [-0.15, -0.1) is 5.10 Å². The van der Waals surface area contributed by atoms with E-state index >= 15 is 0 Å². The van der Waals surface area contributed by atoms with Crippen LogP contribution in [0.25, 0.3) is 16.2 Å². The van der Waals surface area contributed by atoms with E-state index in [1.807, 2.05) is 59.4 Å². The number of aromatic nitrogens is 4. The van der Waals surface area contributed by atoms with Gasteiger partial charge in [-0.3, -0.25) is 4.90 Å². The Balaban J connectivity index is 1.14. The van der Waals surface area contributed by atoms with E-state index in [9.17, 15) is 0 Å². The zero-order chi connectivity index (χ0) is 22.3. The molecule has 1 saturated heterocycles. The van der Waals surface area contributed by atoms with Crippen molar-refractivity contribution in [3.8, 4) is 17.0 Å². The summed E-state index contributed by atoms with van der Waals surface area (Å²) in [5.74, 6) is 1.73. The summed E-state index contributed by atoms with van der Waals surface area (Å²) in [6.45, 7) is 6.70. The zero-order valence-electron chi connectivity index (χ0n) is 18.3. The van der Waals surface area contributed by atoms with Crippen molar-refractivity contribution in [3.63, 3.8) is 0 Å². The highest BCUT2D eigenvalue weighted by molar-refractivity contribution is 7.20. The van der Waals surface area contributed by atoms with Gasteiger partial charge in [0.2, 0.25) is 10.1 Å². The quantitative estimate of drug-likeness (QED) is 0.346. The van der Waals surface area contributed by atoms with Gasteiger partial charge in [0.1, 0.15) is 18.2 Å². The Morgan fingerprint density at radius 3 is 2.67 bits per heavy atom. The van der Waals surface area contributed by atoms with Crippen molar-refractivity contribution in [1.29, 1.82) is 0 Å². The van der Waals surface area contributed by atoms with Crippen molar-refractivity contribution < 1.29 is 9.47 Å². The first-order valence-corrected chi connectivity index (χ1v) is 11.9. The van der Waals surface area contributed by atoms with Crippen molar-refractivity contribution in [3.05, 3.63) is 54.9 Å². The van der Waals surface area contributed by atoms with Crippen LogP contribution < -0.4 is 15.4 Å². The van der Waals surface area contributed by atoms with Crippen LogP contribution in [0.3, 0.4) is 0 Å². The fourth-order valence-electron chi connectivity index (χ4n) is 3.62. The minimum absolute atomic E-state index is 0.558. The summed E-state index contributed by atoms with van der Waals surface area (Å²) in [5, 5.41) is 12.2. The molecule has 0 radical (unpaired) electrons. The van der Waals surface area contributed by atoms with Crippen molar-refractivity contribution in [2.75, 3.05) is 63.2 Å². The lowest BCUT2D eigenvalue weighted by Crippen LogP contribution is -2.39. The van der Waals surface area contributed by atoms with E-state index in [1.165, 1.54) is 11.3 Å². The minimum atomic E-state index is 0.558. The third kappa shape index (κ3) is 5.59. The molecule has 1 fully saturated rings. The van der Waals surface area contributed by atoms with Crippen LogP contribution in [0.4, 0.5) is 10.9 Å². The highest BCUT2D eigenvalue weighted by Gasteiger charge is 2.12. The second-order valence-electron chi connectivity index (χ2n) is 7.65. The van der Waals surface area contributed by atoms with Crippen LogP contribution in [-0.4, -0.2) is 77.0 Å². The maximum Gasteiger partial charge on any atom is 0.214 e. The van der Waals surface area contributed by atoms with Gasteiger partial charge < -0.3 is 20.1 Å². The van der Waals surface area contributed by atoms with Crippen LogP contribution in [0.2, 0.25) is 0 Å². The Hall–Kier alpha value is -3.21. The Morgan fingerprint density at radius 2 is 1.85 bits per heavy atom. The number of nitrogens with zero attached hydrogens (tertiary/aromatic N) is 5. The van der Waals surface area contributed by atoms with Gasteiger partial charge in [-0.05, 0) is 24.3 Å². The number of hydrogen-bond donors (Lipinski definition) is 2. The third-order valence-electron chi connectivity index (χ3n) is 5.37. The number of rotatable bonds is 10. The molecule has 33 heavy (non-hydrogen) atoms. The van der Waals surface area contributed by atoms with Gasteiger partial charge in [-0.1, -0.05) is 29.5 Å². The fourth-order valence-corrected chi connectivity index (χ4v) is 4.42. The lowest BCUT2D eigenvalue weighted by atomic mass is 10.2. The van der Waals surface area contributed by atoms with Gasteiger partial charge in [-0.25, -0.2) is 14.5 Å². The molecule has 4 aromatic rings. The average molecular weight is 466 g/mol. The molecule has 0 bridgehead atoms. The number of fused-ring (bicyclic) bond motifs is 1. The first-order chi connectivity index (χ1) is 16.3. The third-order valence-corrected chi connectivity index (χ3v) is 6.25. The van der Waals surface area contributed by atoms with Gasteiger partial charge >= 0.3 is 0 Å². The second kappa shape index (κ2) is 10.6.